The van der Waals surface area contributed by atoms with E-state index in [1.54, 1.807) is 17.5 Å². The minimum absolute atomic E-state index is 0.101. The van der Waals surface area contributed by atoms with E-state index in [2.05, 4.69) is 4.98 Å². The number of aryl methyl sites for hydroxylation is 1. The van der Waals surface area contributed by atoms with Crippen molar-refractivity contribution in [1.29, 1.82) is 0 Å². The van der Waals surface area contributed by atoms with Crippen LogP contribution in [0, 0.1) is 6.92 Å². The maximum atomic E-state index is 12.7. The van der Waals surface area contributed by atoms with E-state index in [0.717, 1.165) is 22.6 Å². The number of alkyl halides is 3. The van der Waals surface area contributed by atoms with Crippen molar-refractivity contribution in [1.82, 2.24) is 9.38 Å². The van der Waals surface area contributed by atoms with E-state index in [0.29, 0.717) is 10.7 Å². The summed E-state index contributed by atoms with van der Waals surface area (Å²) in [6.45, 7) is 1.63. The van der Waals surface area contributed by atoms with Gasteiger partial charge >= 0.3 is 6.18 Å². The van der Waals surface area contributed by atoms with Gasteiger partial charge in [0, 0.05) is 17.5 Å². The molecular formula is C14H12F3N3S. The Hall–Kier alpha value is -1.86. The van der Waals surface area contributed by atoms with Gasteiger partial charge in [0.2, 0.25) is 0 Å². The Bertz CT molecular complexity index is 774. The van der Waals surface area contributed by atoms with Gasteiger partial charge in [0.05, 0.1) is 10.6 Å². The molecule has 2 N–H and O–H groups in total. The van der Waals surface area contributed by atoms with Crippen molar-refractivity contribution < 1.29 is 13.2 Å². The molecule has 2 heterocycles. The third kappa shape index (κ3) is 2.43. The van der Waals surface area contributed by atoms with Crippen LogP contribution >= 0.6 is 11.3 Å². The fraction of sp³-hybridized carbons (Fsp3) is 0.214. The van der Waals surface area contributed by atoms with Gasteiger partial charge < -0.3 is 5.73 Å². The van der Waals surface area contributed by atoms with E-state index < -0.39 is 12.2 Å². The fourth-order valence-electron chi connectivity index (χ4n) is 2.15. The Balaban J connectivity index is 2.07. The van der Waals surface area contributed by atoms with E-state index >= 15 is 0 Å². The second-order valence-electron chi connectivity index (χ2n) is 4.72. The van der Waals surface area contributed by atoms with Gasteiger partial charge in [0.25, 0.3) is 0 Å². The summed E-state index contributed by atoms with van der Waals surface area (Å²) < 4.78 is 39.9. The Kier molecular flexibility index (Phi) is 3.26. The average Bonchev–Trinajstić information content (AvgIpc) is 2.98. The van der Waals surface area contributed by atoms with E-state index in [1.165, 1.54) is 0 Å². The maximum Gasteiger partial charge on any atom is 0.408 e. The summed E-state index contributed by atoms with van der Waals surface area (Å²) in [5, 5.41) is 0. The first-order chi connectivity index (χ1) is 9.88. The number of halogens is 3. The van der Waals surface area contributed by atoms with Crippen molar-refractivity contribution in [3.63, 3.8) is 0 Å². The molecule has 0 bridgehead atoms. The molecule has 0 amide bonds. The van der Waals surface area contributed by atoms with Gasteiger partial charge in [-0.05, 0) is 6.92 Å². The van der Waals surface area contributed by atoms with E-state index in [-0.39, 0.29) is 4.88 Å². The number of hydrogen-bond donors (Lipinski definition) is 1. The molecule has 0 radical (unpaired) electrons. The zero-order valence-corrected chi connectivity index (χ0v) is 11.9. The predicted octanol–water partition coefficient (Wildman–Crippen LogP) is 3.93. The molecule has 1 unspecified atom stereocenters. The van der Waals surface area contributed by atoms with Crippen molar-refractivity contribution in [3.8, 4) is 11.3 Å². The second kappa shape index (κ2) is 4.85. The molecule has 1 aromatic carbocycles. The van der Waals surface area contributed by atoms with Gasteiger partial charge in [0.15, 0.2) is 4.96 Å². The fourth-order valence-corrected chi connectivity index (χ4v) is 3.29. The van der Waals surface area contributed by atoms with Crippen molar-refractivity contribution >= 4 is 16.3 Å². The second-order valence-corrected chi connectivity index (χ2v) is 5.72. The number of nitrogens with zero attached hydrogens (tertiary/aromatic N) is 2. The van der Waals surface area contributed by atoms with Crippen LogP contribution in [0.2, 0.25) is 0 Å². The van der Waals surface area contributed by atoms with Crippen molar-refractivity contribution in [2.24, 2.45) is 5.73 Å². The molecule has 0 saturated carbocycles. The molecule has 2 aromatic heterocycles. The molecule has 3 aromatic rings. The van der Waals surface area contributed by atoms with Gasteiger partial charge in [0.1, 0.15) is 6.04 Å². The standard InChI is InChI=1S/C14H12F3N3S/c1-8-11(12(18)14(15,16)17)21-13-19-10(7-20(8)13)9-5-3-2-4-6-9/h2-7,12H,18H2,1H3. The van der Waals surface area contributed by atoms with Crippen LogP contribution in [-0.2, 0) is 0 Å². The zero-order valence-electron chi connectivity index (χ0n) is 11.1. The highest BCUT2D eigenvalue weighted by molar-refractivity contribution is 7.17. The number of aromatic nitrogens is 2. The van der Waals surface area contributed by atoms with Crippen molar-refractivity contribution in [2.75, 3.05) is 0 Å². The normalized spacial score (nSPS) is 13.8. The minimum atomic E-state index is -4.45. The molecule has 110 valence electrons. The molecule has 0 spiro atoms. The first-order valence-electron chi connectivity index (χ1n) is 6.24. The molecule has 7 heteroatoms. The number of nitrogens with two attached hydrogens (primary N) is 1. The summed E-state index contributed by atoms with van der Waals surface area (Å²) in [4.78, 5) is 5.00. The predicted molar refractivity (Wildman–Crippen MR) is 76.2 cm³/mol. The summed E-state index contributed by atoms with van der Waals surface area (Å²) >= 11 is 0.981. The lowest BCUT2D eigenvalue weighted by atomic mass is 10.2. The van der Waals surface area contributed by atoms with Crippen LogP contribution in [0.3, 0.4) is 0 Å². The number of imidazole rings is 1. The van der Waals surface area contributed by atoms with Crippen LogP contribution in [0.25, 0.3) is 16.2 Å². The zero-order chi connectivity index (χ0) is 15.2. The Labute approximate surface area is 122 Å². The van der Waals surface area contributed by atoms with E-state index in [1.807, 2.05) is 30.3 Å². The summed E-state index contributed by atoms with van der Waals surface area (Å²) in [6.07, 6.45) is -2.71. The van der Waals surface area contributed by atoms with Crippen LogP contribution in [-0.4, -0.2) is 15.6 Å². The minimum Gasteiger partial charge on any atom is -0.316 e. The Morgan fingerprint density at radius 1 is 1.24 bits per heavy atom. The first-order valence-corrected chi connectivity index (χ1v) is 7.05. The van der Waals surface area contributed by atoms with Crippen molar-refractivity contribution in [2.45, 2.75) is 19.1 Å². The van der Waals surface area contributed by atoms with Crippen molar-refractivity contribution in [3.05, 3.63) is 47.1 Å². The first kappa shape index (κ1) is 14.1. The Morgan fingerprint density at radius 2 is 1.90 bits per heavy atom. The number of thiazole rings is 1. The molecule has 21 heavy (non-hydrogen) atoms. The van der Waals surface area contributed by atoms with Gasteiger partial charge in [-0.15, -0.1) is 0 Å². The number of benzene rings is 1. The maximum absolute atomic E-state index is 12.7. The third-order valence-electron chi connectivity index (χ3n) is 3.30. The smallest absolute Gasteiger partial charge is 0.316 e. The molecule has 0 aliphatic heterocycles. The molecule has 0 aliphatic rings. The molecule has 3 nitrogen and oxygen atoms in total. The lowest BCUT2D eigenvalue weighted by molar-refractivity contribution is -0.148. The summed E-state index contributed by atoms with van der Waals surface area (Å²) in [5.74, 6) is 0. The van der Waals surface area contributed by atoms with E-state index in [4.69, 9.17) is 5.73 Å². The van der Waals surface area contributed by atoms with Crippen LogP contribution in [0.5, 0.6) is 0 Å². The molecule has 3 rings (SSSR count). The topological polar surface area (TPSA) is 43.3 Å². The Morgan fingerprint density at radius 3 is 2.48 bits per heavy atom. The van der Waals surface area contributed by atoms with Gasteiger partial charge in [-0.25, -0.2) is 4.98 Å². The number of hydrogen-bond acceptors (Lipinski definition) is 3. The summed E-state index contributed by atoms with van der Waals surface area (Å²) in [6, 6.07) is 7.52. The monoisotopic (exact) mass is 311 g/mol. The molecule has 0 aliphatic carbocycles. The largest absolute Gasteiger partial charge is 0.408 e. The number of rotatable bonds is 2. The van der Waals surface area contributed by atoms with Gasteiger partial charge in [-0.1, -0.05) is 41.7 Å². The molecular weight excluding hydrogens is 299 g/mol. The SMILES string of the molecule is Cc1c(C(N)C(F)(F)F)sc2nc(-c3ccccc3)cn12. The third-order valence-corrected chi connectivity index (χ3v) is 4.54. The quantitative estimate of drug-likeness (QED) is 0.779. The lowest BCUT2D eigenvalue weighted by Gasteiger charge is -2.14. The van der Waals surface area contributed by atoms with Gasteiger partial charge in [-0.3, -0.25) is 4.40 Å². The number of fused-ring (bicyclic) bond motifs is 1. The van der Waals surface area contributed by atoms with Crippen LogP contribution in [0.15, 0.2) is 36.5 Å². The van der Waals surface area contributed by atoms with Crippen LogP contribution in [0.1, 0.15) is 16.6 Å². The highest BCUT2D eigenvalue weighted by atomic mass is 32.1. The molecule has 1 atom stereocenters. The highest BCUT2D eigenvalue weighted by Gasteiger charge is 2.40. The lowest BCUT2D eigenvalue weighted by Crippen LogP contribution is -2.28. The van der Waals surface area contributed by atoms with Crippen LogP contribution in [0.4, 0.5) is 13.2 Å². The molecule has 0 saturated heterocycles. The highest BCUT2D eigenvalue weighted by Crippen LogP contribution is 2.37. The van der Waals surface area contributed by atoms with E-state index in [9.17, 15) is 13.2 Å². The summed E-state index contributed by atoms with van der Waals surface area (Å²) in [7, 11) is 0. The van der Waals surface area contributed by atoms with Crippen LogP contribution < -0.4 is 5.73 Å². The van der Waals surface area contributed by atoms with Gasteiger partial charge in [-0.2, -0.15) is 13.2 Å². The summed E-state index contributed by atoms with van der Waals surface area (Å²) in [5.41, 5.74) is 7.43. The molecule has 0 fully saturated rings. The average molecular weight is 311 g/mol.